The Kier molecular flexibility index (Phi) is 7.28. The van der Waals surface area contributed by atoms with Crippen molar-refractivity contribution in [3.05, 3.63) is 82.2 Å². The molecule has 0 aliphatic heterocycles. The number of aromatic nitrogens is 1. The number of benzene rings is 1. The number of halogens is 4. The molecule has 0 amide bonds. The van der Waals surface area contributed by atoms with E-state index in [1.165, 1.54) is 18.3 Å². The van der Waals surface area contributed by atoms with E-state index < -0.39 is 11.7 Å². The first-order valence-corrected chi connectivity index (χ1v) is 8.65. The van der Waals surface area contributed by atoms with E-state index in [1.807, 2.05) is 0 Å². The summed E-state index contributed by atoms with van der Waals surface area (Å²) in [6.45, 7) is 4.44. The molecule has 0 bridgehead atoms. The van der Waals surface area contributed by atoms with Gasteiger partial charge in [0.25, 0.3) is 0 Å². The molecule has 5 N–H and O–H groups in total. The first-order valence-electron chi connectivity index (χ1n) is 7.90. The number of anilines is 1. The lowest BCUT2D eigenvalue weighted by atomic mass is 10.1. The molecule has 0 aliphatic carbocycles. The summed E-state index contributed by atoms with van der Waals surface area (Å²) in [6, 6.07) is 6.68. The summed E-state index contributed by atoms with van der Waals surface area (Å²) >= 11 is 12.0. The first kappa shape index (κ1) is 21.6. The molecule has 0 atom stereocenters. The van der Waals surface area contributed by atoms with E-state index in [9.17, 15) is 8.78 Å². The number of nitrogens with zero attached hydrogens (tertiary/aromatic N) is 2. The molecular formula is C19H17Cl2F2N5. The Morgan fingerprint density at radius 2 is 1.93 bits per heavy atom. The lowest BCUT2D eigenvalue weighted by molar-refractivity contribution is 0.546. The van der Waals surface area contributed by atoms with E-state index in [0.717, 1.165) is 6.92 Å². The summed E-state index contributed by atoms with van der Waals surface area (Å²) in [5.74, 6) is 3.41. The van der Waals surface area contributed by atoms with Gasteiger partial charge in [-0.1, -0.05) is 41.9 Å². The van der Waals surface area contributed by atoms with Crippen LogP contribution in [0.2, 0.25) is 10.0 Å². The highest BCUT2D eigenvalue weighted by atomic mass is 35.5. The van der Waals surface area contributed by atoms with Crippen LogP contribution in [0.3, 0.4) is 0 Å². The Labute approximate surface area is 171 Å². The van der Waals surface area contributed by atoms with Crippen LogP contribution in [0.25, 0.3) is 11.1 Å². The van der Waals surface area contributed by atoms with Crippen molar-refractivity contribution in [3.8, 4) is 11.1 Å². The third kappa shape index (κ3) is 4.95. The van der Waals surface area contributed by atoms with Crippen LogP contribution in [0.4, 0.5) is 14.6 Å². The summed E-state index contributed by atoms with van der Waals surface area (Å²) in [5.41, 5.74) is 9.58. The van der Waals surface area contributed by atoms with E-state index in [4.69, 9.17) is 34.8 Å². The summed E-state index contributed by atoms with van der Waals surface area (Å²) in [4.78, 5) is 8.15. The zero-order chi connectivity index (χ0) is 20.8. The van der Waals surface area contributed by atoms with Crippen LogP contribution in [0.5, 0.6) is 0 Å². The number of allylic oxidation sites excluding steroid dienone is 4. The average Bonchev–Trinajstić information content (AvgIpc) is 2.67. The maximum Gasteiger partial charge on any atom is 0.179 e. The minimum absolute atomic E-state index is 0.0172. The van der Waals surface area contributed by atoms with Gasteiger partial charge in [0.1, 0.15) is 17.3 Å². The van der Waals surface area contributed by atoms with E-state index >= 15 is 0 Å². The highest BCUT2D eigenvalue weighted by Gasteiger charge is 2.14. The molecule has 0 fully saturated rings. The van der Waals surface area contributed by atoms with Crippen molar-refractivity contribution in [2.45, 2.75) is 6.92 Å². The lowest BCUT2D eigenvalue weighted by Crippen LogP contribution is -2.32. The van der Waals surface area contributed by atoms with Gasteiger partial charge in [0, 0.05) is 11.8 Å². The van der Waals surface area contributed by atoms with Gasteiger partial charge in [0.05, 0.1) is 15.6 Å². The molecule has 0 saturated heterocycles. The molecule has 5 nitrogen and oxygen atoms in total. The van der Waals surface area contributed by atoms with Gasteiger partial charge < -0.3 is 11.2 Å². The second-order valence-electron chi connectivity index (χ2n) is 5.53. The second-order valence-corrected chi connectivity index (χ2v) is 6.34. The van der Waals surface area contributed by atoms with Crippen LogP contribution in [0.1, 0.15) is 12.5 Å². The number of pyridine rings is 1. The molecule has 1 aromatic carbocycles. The summed E-state index contributed by atoms with van der Waals surface area (Å²) in [5, 5.41) is 0.771. The van der Waals surface area contributed by atoms with Crippen molar-refractivity contribution < 1.29 is 8.78 Å². The molecule has 0 unspecified atom stereocenters. The molecule has 1 heterocycles. The normalized spacial score (nSPS) is 13.2. The standard InChI is InChI=1S/C19H17Cl2F2N5/c1-3-4-16(17(23)10(2)22)27-19(28-25)13-7-12(9-26-18(13)24)11-5-6-14(20)15(21)8-11/h3-9H,1,25H2,2H3,(H2,24,26)(H,27,28)/b16-4+,17-10-. The number of nitrogens with two attached hydrogens (primary N) is 2. The molecule has 9 heteroatoms. The van der Waals surface area contributed by atoms with Gasteiger partial charge in [-0.3, -0.25) is 0 Å². The number of nitrogens with one attached hydrogen (secondary N) is 1. The van der Waals surface area contributed by atoms with Crippen LogP contribution >= 0.6 is 23.2 Å². The predicted octanol–water partition coefficient (Wildman–Crippen LogP) is 5.09. The number of nitrogen functional groups attached to an aromatic ring is 1. The number of hydrazine groups is 1. The van der Waals surface area contributed by atoms with Crippen LogP contribution in [-0.2, 0) is 0 Å². The summed E-state index contributed by atoms with van der Waals surface area (Å²) < 4.78 is 27.4. The maximum absolute atomic E-state index is 14.1. The summed E-state index contributed by atoms with van der Waals surface area (Å²) in [7, 11) is 0. The quantitative estimate of drug-likeness (QED) is 0.205. The Morgan fingerprint density at radius 1 is 1.21 bits per heavy atom. The first-order chi connectivity index (χ1) is 13.3. The van der Waals surface area contributed by atoms with Crippen molar-refractivity contribution in [3.63, 3.8) is 0 Å². The van der Waals surface area contributed by atoms with E-state index in [0.29, 0.717) is 21.2 Å². The molecule has 2 aromatic rings. The molecule has 146 valence electrons. The van der Waals surface area contributed by atoms with Crippen molar-refractivity contribution in [1.82, 2.24) is 10.4 Å². The van der Waals surface area contributed by atoms with Gasteiger partial charge in [-0.2, -0.15) is 0 Å². The predicted molar refractivity (Wildman–Crippen MR) is 111 cm³/mol. The zero-order valence-corrected chi connectivity index (χ0v) is 16.3. The minimum atomic E-state index is -1.15. The van der Waals surface area contributed by atoms with Gasteiger partial charge in [-0.25, -0.2) is 24.6 Å². The van der Waals surface area contributed by atoms with E-state index in [1.54, 1.807) is 24.3 Å². The number of rotatable bonds is 5. The maximum atomic E-state index is 14.1. The number of amidine groups is 1. The zero-order valence-electron chi connectivity index (χ0n) is 14.8. The van der Waals surface area contributed by atoms with Crippen molar-refractivity contribution >= 4 is 34.9 Å². The van der Waals surface area contributed by atoms with Crippen molar-refractivity contribution in [1.29, 1.82) is 0 Å². The Hall–Kier alpha value is -2.74. The molecule has 0 saturated carbocycles. The highest BCUT2D eigenvalue weighted by molar-refractivity contribution is 6.42. The SMILES string of the molecule is C=C/C=C(N=C(NN)c1cc(-c2ccc(Cl)c(Cl)c2)cnc1N)\C(F)=C(/C)F. The largest absolute Gasteiger partial charge is 0.383 e. The number of hydrogen-bond acceptors (Lipinski definition) is 4. The molecule has 0 aliphatic rings. The Balaban J connectivity index is 2.60. The van der Waals surface area contributed by atoms with Crippen LogP contribution in [0.15, 0.2) is 71.5 Å². The Bertz CT molecular complexity index is 996. The Morgan fingerprint density at radius 3 is 2.50 bits per heavy atom. The van der Waals surface area contributed by atoms with E-state index in [-0.39, 0.29) is 22.9 Å². The molecule has 2 rings (SSSR count). The van der Waals surface area contributed by atoms with E-state index in [2.05, 4.69) is 22.0 Å². The summed E-state index contributed by atoms with van der Waals surface area (Å²) in [6.07, 6.45) is 3.99. The third-order valence-electron chi connectivity index (χ3n) is 3.60. The van der Waals surface area contributed by atoms with Gasteiger partial charge >= 0.3 is 0 Å². The topological polar surface area (TPSA) is 89.3 Å². The lowest BCUT2D eigenvalue weighted by Gasteiger charge is -2.12. The minimum Gasteiger partial charge on any atom is -0.383 e. The second kappa shape index (κ2) is 9.45. The fourth-order valence-corrected chi connectivity index (χ4v) is 2.53. The number of aliphatic imine (C=N–C) groups is 1. The highest BCUT2D eigenvalue weighted by Crippen LogP contribution is 2.29. The molecular weight excluding hydrogens is 407 g/mol. The monoisotopic (exact) mass is 423 g/mol. The van der Waals surface area contributed by atoms with Gasteiger partial charge in [-0.05, 0) is 36.8 Å². The van der Waals surface area contributed by atoms with Crippen LogP contribution < -0.4 is 17.0 Å². The van der Waals surface area contributed by atoms with Crippen LogP contribution in [-0.4, -0.2) is 10.8 Å². The van der Waals surface area contributed by atoms with Crippen LogP contribution in [0, 0.1) is 0 Å². The fourth-order valence-electron chi connectivity index (χ4n) is 2.24. The number of hydrogen-bond donors (Lipinski definition) is 3. The average molecular weight is 424 g/mol. The third-order valence-corrected chi connectivity index (χ3v) is 4.34. The molecule has 1 aromatic heterocycles. The van der Waals surface area contributed by atoms with Gasteiger partial charge in [0.15, 0.2) is 11.7 Å². The van der Waals surface area contributed by atoms with Crippen molar-refractivity contribution in [2.75, 3.05) is 5.73 Å². The molecule has 0 radical (unpaired) electrons. The smallest absolute Gasteiger partial charge is 0.179 e. The molecule has 28 heavy (non-hydrogen) atoms. The van der Waals surface area contributed by atoms with Gasteiger partial charge in [-0.15, -0.1) is 0 Å². The van der Waals surface area contributed by atoms with Gasteiger partial charge in [0.2, 0.25) is 0 Å². The van der Waals surface area contributed by atoms with Crippen molar-refractivity contribution in [2.24, 2.45) is 10.8 Å². The molecule has 0 spiro atoms. The fraction of sp³-hybridized carbons (Fsp3) is 0.0526.